The maximum absolute atomic E-state index is 12.8. The van der Waals surface area contributed by atoms with Crippen molar-refractivity contribution in [1.82, 2.24) is 5.32 Å². The van der Waals surface area contributed by atoms with Gasteiger partial charge >= 0.3 is 7.82 Å². The van der Waals surface area contributed by atoms with Gasteiger partial charge in [0.05, 0.1) is 39.9 Å². The lowest BCUT2D eigenvalue weighted by Gasteiger charge is -2.26. The number of aliphatic hydroxyl groups excluding tert-OH is 1. The molecule has 3 atom stereocenters. The van der Waals surface area contributed by atoms with Crippen molar-refractivity contribution in [2.45, 2.75) is 199 Å². The van der Waals surface area contributed by atoms with Gasteiger partial charge in [-0.15, -0.1) is 0 Å². The summed E-state index contributed by atoms with van der Waals surface area (Å²) in [6.07, 6.45) is 63.8. The van der Waals surface area contributed by atoms with Crippen molar-refractivity contribution in [3.63, 3.8) is 0 Å². The molecule has 0 saturated carbocycles. The van der Waals surface area contributed by atoms with Crippen molar-refractivity contribution in [1.29, 1.82) is 0 Å². The SMILES string of the molecule is CC/C=C\C/C=C\C/C=C\C/C=C\C/C=C\C/C=C\C/C=C\C/C=C\CCCCCCCCCCCCCCC(=O)NC(COP(=O)(O)OCC[N+](C)(C)C)C(O)CCCCCC. The van der Waals surface area contributed by atoms with Crippen LogP contribution in [0.2, 0.25) is 0 Å². The van der Waals surface area contributed by atoms with Crippen molar-refractivity contribution in [3.05, 3.63) is 97.2 Å². The summed E-state index contributed by atoms with van der Waals surface area (Å²) in [6.45, 7) is 4.63. The van der Waals surface area contributed by atoms with E-state index in [-0.39, 0.29) is 19.1 Å². The van der Waals surface area contributed by atoms with Crippen LogP contribution in [0.15, 0.2) is 97.2 Å². The van der Waals surface area contributed by atoms with Gasteiger partial charge in [0.2, 0.25) is 5.91 Å². The van der Waals surface area contributed by atoms with Gasteiger partial charge < -0.3 is 19.8 Å². The molecule has 0 radical (unpaired) electrons. The Hall–Kier alpha value is -2.58. The Bertz CT molecular complexity index is 1340. The molecule has 0 aliphatic carbocycles. The molecule has 3 N–H and O–H groups in total. The summed E-state index contributed by atoms with van der Waals surface area (Å²) in [7, 11) is 1.60. The minimum Gasteiger partial charge on any atom is -0.391 e. The summed E-state index contributed by atoms with van der Waals surface area (Å²) < 4.78 is 23.4. The predicted octanol–water partition coefficient (Wildman–Crippen LogP) is 14.7. The Kier molecular flexibility index (Phi) is 42.8. The van der Waals surface area contributed by atoms with Crippen LogP contribution < -0.4 is 5.32 Å². The van der Waals surface area contributed by atoms with Crippen molar-refractivity contribution in [3.8, 4) is 0 Å². The van der Waals surface area contributed by atoms with Crippen LogP contribution in [0.1, 0.15) is 187 Å². The molecule has 0 aliphatic rings. The fraction of sp³-hybridized carbons (Fsp3) is 0.685. The molecule has 362 valence electrons. The van der Waals surface area contributed by atoms with E-state index in [0.29, 0.717) is 23.9 Å². The first-order valence-electron chi connectivity index (χ1n) is 25.1. The molecule has 3 unspecified atom stereocenters. The summed E-state index contributed by atoms with van der Waals surface area (Å²) in [5.74, 6) is -0.161. The number of carbonyl (C=O) groups is 1. The summed E-state index contributed by atoms with van der Waals surface area (Å²) in [4.78, 5) is 22.9. The first-order chi connectivity index (χ1) is 30.5. The second kappa shape index (κ2) is 44.6. The number of allylic oxidation sites excluding steroid dienone is 16. The summed E-state index contributed by atoms with van der Waals surface area (Å²) in [6, 6.07) is -0.762. The average Bonchev–Trinajstić information content (AvgIpc) is 3.24. The third kappa shape index (κ3) is 47.2. The molecule has 8 nitrogen and oxygen atoms in total. The molecule has 0 fully saturated rings. The number of unbranched alkanes of at least 4 members (excludes halogenated alkanes) is 15. The zero-order chi connectivity index (χ0) is 46.4. The molecule has 0 aliphatic heterocycles. The van der Waals surface area contributed by atoms with Gasteiger partial charge in [-0.3, -0.25) is 13.8 Å². The van der Waals surface area contributed by atoms with Gasteiger partial charge in [0.25, 0.3) is 0 Å². The number of carbonyl (C=O) groups excluding carboxylic acids is 1. The number of aliphatic hydroxyl groups is 1. The van der Waals surface area contributed by atoms with Crippen LogP contribution in [0.5, 0.6) is 0 Å². The molecular formula is C54H96N2O6P+. The van der Waals surface area contributed by atoms with Gasteiger partial charge in [-0.25, -0.2) is 4.57 Å². The first-order valence-corrected chi connectivity index (χ1v) is 26.6. The van der Waals surface area contributed by atoms with Crippen LogP contribution in [0.4, 0.5) is 0 Å². The molecule has 0 aromatic carbocycles. The summed E-state index contributed by atoms with van der Waals surface area (Å²) >= 11 is 0. The molecule has 1 amide bonds. The topological polar surface area (TPSA) is 105 Å². The monoisotopic (exact) mass is 900 g/mol. The van der Waals surface area contributed by atoms with E-state index in [1.54, 1.807) is 0 Å². The molecule has 0 heterocycles. The Morgan fingerprint density at radius 3 is 1.38 bits per heavy atom. The van der Waals surface area contributed by atoms with Crippen LogP contribution in [-0.4, -0.2) is 73.4 Å². The van der Waals surface area contributed by atoms with Crippen LogP contribution in [0, 0.1) is 0 Å². The molecule has 0 aromatic heterocycles. The first kappa shape index (κ1) is 60.4. The van der Waals surface area contributed by atoms with E-state index in [4.69, 9.17) is 9.05 Å². The smallest absolute Gasteiger partial charge is 0.391 e. The van der Waals surface area contributed by atoms with Crippen LogP contribution in [0.3, 0.4) is 0 Å². The number of rotatable bonds is 44. The van der Waals surface area contributed by atoms with E-state index in [2.05, 4.69) is 116 Å². The molecule has 63 heavy (non-hydrogen) atoms. The Balaban J connectivity index is 3.86. The van der Waals surface area contributed by atoms with Gasteiger partial charge in [-0.1, -0.05) is 201 Å². The third-order valence-electron chi connectivity index (χ3n) is 10.6. The Morgan fingerprint density at radius 2 is 0.952 bits per heavy atom. The largest absolute Gasteiger partial charge is 0.472 e. The zero-order valence-electron chi connectivity index (χ0n) is 41.0. The number of quaternary nitrogens is 1. The standard InChI is InChI=1S/C54H95N2O6P/c1-6-8-10-12-13-14-15-16-17-18-19-20-21-22-23-24-25-26-27-28-29-30-31-32-33-34-35-36-37-38-39-40-41-42-43-44-46-48-54(58)55-52(53(57)47-45-11-9-7-2)51-62-63(59,60)61-50-49-56(3,4)5/h8,10,13-14,16-17,19-20,22-23,25-26,28-29,31-32,52-53,57H,6-7,9,11-12,15,18,21,24,27,30,33-51H2,1-5H3,(H-,55,58,59,60)/p+1/b10-8-,14-13-,17-16-,20-19-,23-22-,26-25-,29-28-,32-31-. The minimum absolute atomic E-state index is 0.0691. The molecule has 0 saturated heterocycles. The van der Waals surface area contributed by atoms with E-state index in [9.17, 15) is 19.4 Å². The van der Waals surface area contributed by atoms with E-state index < -0.39 is 20.0 Å². The maximum Gasteiger partial charge on any atom is 0.472 e. The fourth-order valence-electron chi connectivity index (χ4n) is 6.65. The molecule has 0 rings (SSSR count). The summed E-state index contributed by atoms with van der Waals surface area (Å²) in [5.41, 5.74) is 0. The van der Waals surface area contributed by atoms with E-state index in [1.807, 2.05) is 21.1 Å². The maximum atomic E-state index is 12.8. The van der Waals surface area contributed by atoms with Crippen molar-refractivity contribution in [2.75, 3.05) is 40.9 Å². The second-order valence-corrected chi connectivity index (χ2v) is 19.3. The van der Waals surface area contributed by atoms with E-state index >= 15 is 0 Å². The minimum atomic E-state index is -4.30. The van der Waals surface area contributed by atoms with Crippen molar-refractivity contribution in [2.24, 2.45) is 0 Å². The molecule has 0 aromatic rings. The Labute approximate surface area is 388 Å². The fourth-order valence-corrected chi connectivity index (χ4v) is 7.38. The number of likely N-dealkylation sites (N-methyl/N-ethyl adjacent to an activating group) is 1. The quantitative estimate of drug-likeness (QED) is 0.0243. The lowest BCUT2D eigenvalue weighted by Crippen LogP contribution is -2.46. The van der Waals surface area contributed by atoms with Crippen LogP contribution >= 0.6 is 7.82 Å². The number of nitrogens with one attached hydrogen (secondary N) is 1. The van der Waals surface area contributed by atoms with Gasteiger partial charge in [-0.2, -0.15) is 0 Å². The highest BCUT2D eigenvalue weighted by Crippen LogP contribution is 2.43. The van der Waals surface area contributed by atoms with Gasteiger partial charge in [0, 0.05) is 6.42 Å². The number of phosphoric acid groups is 1. The second-order valence-electron chi connectivity index (χ2n) is 17.8. The number of phosphoric ester groups is 1. The normalized spacial score (nSPS) is 15.0. The lowest BCUT2D eigenvalue weighted by molar-refractivity contribution is -0.870. The predicted molar refractivity (Wildman–Crippen MR) is 272 cm³/mol. The van der Waals surface area contributed by atoms with E-state index in [0.717, 1.165) is 96.3 Å². The number of amides is 1. The van der Waals surface area contributed by atoms with Gasteiger partial charge in [0.15, 0.2) is 0 Å². The van der Waals surface area contributed by atoms with Crippen molar-refractivity contribution >= 4 is 13.7 Å². The highest BCUT2D eigenvalue weighted by atomic mass is 31.2. The van der Waals surface area contributed by atoms with E-state index in [1.165, 1.54) is 64.2 Å². The molecule has 0 bridgehead atoms. The highest BCUT2D eigenvalue weighted by molar-refractivity contribution is 7.47. The number of hydrogen-bond acceptors (Lipinski definition) is 5. The third-order valence-corrected chi connectivity index (χ3v) is 11.6. The van der Waals surface area contributed by atoms with Gasteiger partial charge in [0.1, 0.15) is 13.2 Å². The van der Waals surface area contributed by atoms with Gasteiger partial charge in [-0.05, 0) is 77.0 Å². The lowest BCUT2D eigenvalue weighted by atomic mass is 10.0. The van der Waals surface area contributed by atoms with Crippen molar-refractivity contribution < 1.29 is 32.9 Å². The Morgan fingerprint density at radius 1 is 0.556 bits per heavy atom. The zero-order valence-corrected chi connectivity index (χ0v) is 41.9. The van der Waals surface area contributed by atoms with Crippen LogP contribution in [0.25, 0.3) is 0 Å². The number of hydrogen-bond donors (Lipinski definition) is 3. The molecule has 9 heteroatoms. The highest BCUT2D eigenvalue weighted by Gasteiger charge is 2.28. The average molecular weight is 900 g/mol. The molecule has 0 spiro atoms. The summed E-state index contributed by atoms with van der Waals surface area (Å²) in [5, 5.41) is 13.7. The number of nitrogens with zero attached hydrogens (tertiary/aromatic N) is 1. The van der Waals surface area contributed by atoms with Crippen LogP contribution in [-0.2, 0) is 18.4 Å². The molecular weight excluding hydrogens is 804 g/mol.